The molecular weight excluding hydrogens is 356 g/mol. The van der Waals surface area contributed by atoms with E-state index in [1.54, 1.807) is 24.3 Å². The molecule has 2 N–H and O–H groups in total. The maximum Gasteiger partial charge on any atom is 0.255 e. The maximum absolute atomic E-state index is 12.2. The molecular formula is C14H13BrN2O3S. The van der Waals surface area contributed by atoms with Crippen molar-refractivity contribution in [1.82, 2.24) is 4.72 Å². The molecule has 0 unspecified atom stereocenters. The molecule has 0 atom stereocenters. The Morgan fingerprint density at radius 1 is 1.10 bits per heavy atom. The zero-order valence-electron chi connectivity index (χ0n) is 11.1. The second kappa shape index (κ2) is 6.38. The fourth-order valence-electron chi connectivity index (χ4n) is 1.69. The third kappa shape index (κ3) is 3.90. The predicted molar refractivity (Wildman–Crippen MR) is 84.8 cm³/mol. The summed E-state index contributed by atoms with van der Waals surface area (Å²) >= 11 is 3.32. The Labute approximate surface area is 131 Å². The van der Waals surface area contributed by atoms with Crippen LogP contribution >= 0.6 is 15.9 Å². The molecule has 0 radical (unpaired) electrons. The maximum atomic E-state index is 12.2. The summed E-state index contributed by atoms with van der Waals surface area (Å²) in [4.78, 5) is 12.2. The highest BCUT2D eigenvalue weighted by atomic mass is 79.9. The summed E-state index contributed by atoms with van der Waals surface area (Å²) in [7, 11) is -2.25. The Bertz CT molecular complexity index is 775. The zero-order chi connectivity index (χ0) is 15.5. The number of amides is 1. The van der Waals surface area contributed by atoms with Crippen LogP contribution in [0.5, 0.6) is 0 Å². The number of sulfonamides is 1. The molecule has 21 heavy (non-hydrogen) atoms. The van der Waals surface area contributed by atoms with Gasteiger partial charge in [-0.05, 0) is 43.4 Å². The molecule has 1 amide bonds. The Morgan fingerprint density at radius 2 is 1.81 bits per heavy atom. The SMILES string of the molecule is CNS(=O)(=O)c1cccc(C(=O)Nc2cccc(Br)c2)c1. The van der Waals surface area contributed by atoms with Crippen LogP contribution in [0, 0.1) is 0 Å². The standard InChI is InChI=1S/C14H13BrN2O3S/c1-16-21(19,20)13-7-2-4-10(8-13)14(18)17-12-6-3-5-11(15)9-12/h2-9,16H,1H3,(H,17,18). The number of carbonyl (C=O) groups is 1. The van der Waals surface area contributed by atoms with Crippen LogP contribution in [0.2, 0.25) is 0 Å². The van der Waals surface area contributed by atoms with Gasteiger partial charge in [-0.2, -0.15) is 0 Å². The van der Waals surface area contributed by atoms with Crippen molar-refractivity contribution in [2.24, 2.45) is 0 Å². The van der Waals surface area contributed by atoms with E-state index in [0.29, 0.717) is 5.69 Å². The molecule has 7 heteroatoms. The molecule has 0 spiro atoms. The van der Waals surface area contributed by atoms with Crippen molar-refractivity contribution in [1.29, 1.82) is 0 Å². The lowest BCUT2D eigenvalue weighted by Crippen LogP contribution is -2.19. The molecule has 2 aromatic carbocycles. The Hall–Kier alpha value is -1.70. The third-order valence-electron chi connectivity index (χ3n) is 2.76. The van der Waals surface area contributed by atoms with Crippen LogP contribution < -0.4 is 10.0 Å². The van der Waals surface area contributed by atoms with E-state index in [9.17, 15) is 13.2 Å². The van der Waals surface area contributed by atoms with Crippen molar-refractivity contribution in [2.75, 3.05) is 12.4 Å². The lowest BCUT2D eigenvalue weighted by atomic mass is 10.2. The van der Waals surface area contributed by atoms with E-state index in [2.05, 4.69) is 26.0 Å². The van der Waals surface area contributed by atoms with Crippen LogP contribution in [0.15, 0.2) is 57.9 Å². The van der Waals surface area contributed by atoms with E-state index in [1.807, 2.05) is 6.07 Å². The van der Waals surface area contributed by atoms with Crippen LogP contribution in [-0.4, -0.2) is 21.4 Å². The first-order valence-electron chi connectivity index (χ1n) is 6.03. The highest BCUT2D eigenvalue weighted by Gasteiger charge is 2.14. The molecule has 0 aliphatic heterocycles. The molecule has 0 saturated heterocycles. The number of halogens is 1. The van der Waals surface area contributed by atoms with E-state index in [1.165, 1.54) is 25.2 Å². The van der Waals surface area contributed by atoms with E-state index >= 15 is 0 Å². The van der Waals surface area contributed by atoms with Gasteiger partial charge in [0.25, 0.3) is 5.91 Å². The van der Waals surface area contributed by atoms with Crippen LogP contribution in [-0.2, 0) is 10.0 Å². The van der Waals surface area contributed by atoms with Crippen LogP contribution in [0.3, 0.4) is 0 Å². The van der Waals surface area contributed by atoms with Gasteiger partial charge < -0.3 is 5.32 Å². The van der Waals surface area contributed by atoms with Gasteiger partial charge in [0, 0.05) is 15.7 Å². The molecule has 5 nitrogen and oxygen atoms in total. The number of hydrogen-bond acceptors (Lipinski definition) is 3. The van der Waals surface area contributed by atoms with E-state index in [0.717, 1.165) is 4.47 Å². The molecule has 0 aromatic heterocycles. The minimum atomic E-state index is -3.57. The molecule has 2 aromatic rings. The van der Waals surface area contributed by atoms with Crippen molar-refractivity contribution in [3.05, 3.63) is 58.6 Å². The molecule has 0 fully saturated rings. The lowest BCUT2D eigenvalue weighted by Gasteiger charge is -2.07. The highest BCUT2D eigenvalue weighted by molar-refractivity contribution is 9.10. The van der Waals surface area contributed by atoms with Crippen molar-refractivity contribution in [3.63, 3.8) is 0 Å². The quantitative estimate of drug-likeness (QED) is 0.870. The van der Waals surface area contributed by atoms with Gasteiger partial charge in [0.15, 0.2) is 0 Å². The number of nitrogens with one attached hydrogen (secondary N) is 2. The van der Waals surface area contributed by atoms with Gasteiger partial charge in [-0.1, -0.05) is 28.1 Å². The van der Waals surface area contributed by atoms with Crippen molar-refractivity contribution < 1.29 is 13.2 Å². The van der Waals surface area contributed by atoms with Crippen LogP contribution in [0.25, 0.3) is 0 Å². The topological polar surface area (TPSA) is 75.3 Å². The summed E-state index contributed by atoms with van der Waals surface area (Å²) in [6.45, 7) is 0. The van der Waals surface area contributed by atoms with Gasteiger partial charge in [0.2, 0.25) is 10.0 Å². The molecule has 0 aliphatic rings. The zero-order valence-corrected chi connectivity index (χ0v) is 13.5. The molecule has 2 rings (SSSR count). The third-order valence-corrected chi connectivity index (χ3v) is 4.66. The van der Waals surface area contributed by atoms with Crippen LogP contribution in [0.1, 0.15) is 10.4 Å². The van der Waals surface area contributed by atoms with Crippen molar-refractivity contribution in [2.45, 2.75) is 4.90 Å². The van der Waals surface area contributed by atoms with Gasteiger partial charge in [0.1, 0.15) is 0 Å². The second-order valence-corrected chi connectivity index (χ2v) is 7.00. The number of anilines is 1. The van der Waals surface area contributed by atoms with Gasteiger partial charge in [-0.3, -0.25) is 4.79 Å². The molecule has 0 saturated carbocycles. The van der Waals surface area contributed by atoms with Gasteiger partial charge >= 0.3 is 0 Å². The normalized spacial score (nSPS) is 11.1. The monoisotopic (exact) mass is 368 g/mol. The largest absolute Gasteiger partial charge is 0.322 e. The van der Waals surface area contributed by atoms with Crippen molar-refractivity contribution >= 4 is 37.5 Å². The molecule has 110 valence electrons. The second-order valence-electron chi connectivity index (χ2n) is 4.20. The Kier molecular flexibility index (Phi) is 4.76. The van der Waals surface area contributed by atoms with Crippen LogP contribution in [0.4, 0.5) is 5.69 Å². The van der Waals surface area contributed by atoms with E-state index in [-0.39, 0.29) is 16.4 Å². The van der Waals surface area contributed by atoms with Gasteiger partial charge in [-0.25, -0.2) is 13.1 Å². The summed E-state index contributed by atoms with van der Waals surface area (Å²) in [6, 6.07) is 13.0. The average molecular weight is 369 g/mol. The number of rotatable bonds is 4. The summed E-state index contributed by atoms with van der Waals surface area (Å²) in [5, 5.41) is 2.71. The molecule has 0 heterocycles. The number of carbonyl (C=O) groups excluding carboxylic acids is 1. The Balaban J connectivity index is 2.26. The van der Waals surface area contributed by atoms with Gasteiger partial charge in [0.05, 0.1) is 4.90 Å². The summed E-state index contributed by atoms with van der Waals surface area (Å²) < 4.78 is 26.5. The number of benzene rings is 2. The summed E-state index contributed by atoms with van der Waals surface area (Å²) in [6.07, 6.45) is 0. The smallest absolute Gasteiger partial charge is 0.255 e. The first-order chi connectivity index (χ1) is 9.92. The molecule has 0 aliphatic carbocycles. The number of hydrogen-bond donors (Lipinski definition) is 2. The lowest BCUT2D eigenvalue weighted by molar-refractivity contribution is 0.102. The molecule has 0 bridgehead atoms. The first-order valence-corrected chi connectivity index (χ1v) is 8.30. The fourth-order valence-corrected chi connectivity index (χ4v) is 2.87. The van der Waals surface area contributed by atoms with Crippen molar-refractivity contribution in [3.8, 4) is 0 Å². The van der Waals surface area contributed by atoms with E-state index in [4.69, 9.17) is 0 Å². The minimum Gasteiger partial charge on any atom is -0.322 e. The fraction of sp³-hybridized carbons (Fsp3) is 0.0714. The summed E-state index contributed by atoms with van der Waals surface area (Å²) in [5.41, 5.74) is 0.891. The van der Waals surface area contributed by atoms with Gasteiger partial charge in [-0.15, -0.1) is 0 Å². The average Bonchev–Trinajstić information content (AvgIpc) is 2.47. The van der Waals surface area contributed by atoms with E-state index < -0.39 is 10.0 Å². The predicted octanol–water partition coefficient (Wildman–Crippen LogP) is 2.61. The minimum absolute atomic E-state index is 0.0480. The highest BCUT2D eigenvalue weighted by Crippen LogP contribution is 2.17. The first kappa shape index (κ1) is 15.7. The Morgan fingerprint density at radius 3 is 2.48 bits per heavy atom. The summed E-state index contributed by atoms with van der Waals surface area (Å²) in [5.74, 6) is -0.374.